The van der Waals surface area contributed by atoms with Gasteiger partial charge in [0.2, 0.25) is 0 Å². The topological polar surface area (TPSA) is 55.2 Å². The summed E-state index contributed by atoms with van der Waals surface area (Å²) < 4.78 is 8.38. The van der Waals surface area contributed by atoms with Crippen molar-refractivity contribution < 1.29 is 4.74 Å². The molecule has 7 heteroatoms. The lowest BCUT2D eigenvalue weighted by Crippen LogP contribution is -2.29. The third-order valence-corrected chi connectivity index (χ3v) is 7.77. The lowest BCUT2D eigenvalue weighted by molar-refractivity contribution is 0.479. The van der Waals surface area contributed by atoms with Crippen LogP contribution in [-0.4, -0.2) is 19.6 Å². The minimum atomic E-state index is -0.129. The first kappa shape index (κ1) is 25.8. The summed E-state index contributed by atoms with van der Waals surface area (Å²) in [5.41, 5.74) is 7.59. The first-order chi connectivity index (χ1) is 19.4. The van der Waals surface area contributed by atoms with Crippen LogP contribution in [-0.2, 0) is 0 Å². The number of para-hydroxylation sites is 1. The molecule has 1 aliphatic rings. The van der Waals surface area contributed by atoms with Crippen LogP contribution in [0.4, 0.5) is 5.69 Å². The fraction of sp³-hybridized carbons (Fsp3) is 0.182. The van der Waals surface area contributed by atoms with Crippen LogP contribution < -0.4 is 15.0 Å². The number of nitrogens with one attached hydrogen (secondary N) is 1. The van der Waals surface area contributed by atoms with Gasteiger partial charge in [0.1, 0.15) is 17.3 Å². The molecule has 6 nitrogen and oxygen atoms in total. The van der Waals surface area contributed by atoms with E-state index >= 15 is 0 Å². The third-order valence-electron chi connectivity index (χ3n) is 7.45. The molecule has 0 saturated carbocycles. The standard InChI is InChI=1S/C33H31N5OS/c1-21-16-18-35-30(19-21)37-23(3)20-27(24(37)4)32-31(28-10-7-8-17-34-28)36-33(40)38(32)25-12-14-26(15-13-25)39-29-11-6-5-9-22(29)2/h5-20,31-32H,1-4H3,(H,36,40)/t31-,32-/m1/s1. The molecule has 2 atom stereocenters. The molecule has 1 saturated heterocycles. The van der Waals surface area contributed by atoms with Crippen LogP contribution >= 0.6 is 12.2 Å². The Balaban J connectivity index is 1.42. The second-order valence-corrected chi connectivity index (χ2v) is 10.6. The van der Waals surface area contributed by atoms with Gasteiger partial charge in [-0.15, -0.1) is 0 Å². The smallest absolute Gasteiger partial charge is 0.174 e. The fourth-order valence-electron chi connectivity index (χ4n) is 5.50. The molecule has 0 bridgehead atoms. The van der Waals surface area contributed by atoms with E-state index in [4.69, 9.17) is 21.9 Å². The average Bonchev–Trinajstić information content (AvgIpc) is 3.45. The van der Waals surface area contributed by atoms with Gasteiger partial charge in [-0.1, -0.05) is 24.3 Å². The molecule has 5 aromatic rings. The summed E-state index contributed by atoms with van der Waals surface area (Å²) in [5.74, 6) is 2.53. The molecule has 1 aliphatic heterocycles. The minimum Gasteiger partial charge on any atom is -0.457 e. The van der Waals surface area contributed by atoms with E-state index in [1.165, 1.54) is 11.1 Å². The summed E-state index contributed by atoms with van der Waals surface area (Å²) in [5, 5.41) is 4.23. The highest BCUT2D eigenvalue weighted by atomic mass is 32.1. The van der Waals surface area contributed by atoms with E-state index in [9.17, 15) is 0 Å². The first-order valence-corrected chi connectivity index (χ1v) is 13.8. The summed E-state index contributed by atoms with van der Waals surface area (Å²) >= 11 is 5.96. The number of anilines is 1. The zero-order valence-electron chi connectivity index (χ0n) is 23.0. The maximum absolute atomic E-state index is 6.17. The Bertz CT molecular complexity index is 1680. The maximum Gasteiger partial charge on any atom is 0.174 e. The van der Waals surface area contributed by atoms with Crippen molar-refractivity contribution in [2.75, 3.05) is 4.90 Å². The Morgan fingerprint density at radius 2 is 1.60 bits per heavy atom. The predicted octanol–water partition coefficient (Wildman–Crippen LogP) is 7.47. The number of thiocarbonyl (C=S) groups is 1. The summed E-state index contributed by atoms with van der Waals surface area (Å²) in [6.45, 7) is 8.41. The van der Waals surface area contributed by atoms with E-state index in [1.54, 1.807) is 0 Å². The molecule has 6 rings (SSSR count). The number of benzene rings is 2. The highest BCUT2D eigenvalue weighted by Gasteiger charge is 2.42. The normalized spacial score (nSPS) is 16.7. The van der Waals surface area contributed by atoms with Crippen LogP contribution in [0, 0.1) is 27.7 Å². The monoisotopic (exact) mass is 545 g/mol. The van der Waals surface area contributed by atoms with Crippen molar-refractivity contribution in [3.8, 4) is 17.3 Å². The number of ether oxygens (including phenoxy) is 1. The van der Waals surface area contributed by atoms with E-state index in [1.807, 2.05) is 73.9 Å². The molecule has 1 fully saturated rings. The van der Waals surface area contributed by atoms with Gasteiger partial charge in [0.25, 0.3) is 0 Å². The number of aryl methyl sites for hydroxylation is 3. The van der Waals surface area contributed by atoms with Gasteiger partial charge in [-0.05, 0) is 117 Å². The molecular weight excluding hydrogens is 514 g/mol. The largest absolute Gasteiger partial charge is 0.457 e. The molecule has 40 heavy (non-hydrogen) atoms. The van der Waals surface area contributed by atoms with Crippen LogP contribution in [0.2, 0.25) is 0 Å². The van der Waals surface area contributed by atoms with Crippen molar-refractivity contribution in [3.63, 3.8) is 0 Å². The molecular formula is C33H31N5OS. The Labute approximate surface area is 240 Å². The van der Waals surface area contributed by atoms with Gasteiger partial charge in [-0.25, -0.2) is 4.98 Å². The molecule has 0 radical (unpaired) electrons. The molecule has 4 heterocycles. The Morgan fingerprint density at radius 3 is 2.33 bits per heavy atom. The summed E-state index contributed by atoms with van der Waals surface area (Å²) in [7, 11) is 0. The van der Waals surface area contributed by atoms with E-state index < -0.39 is 0 Å². The molecule has 0 unspecified atom stereocenters. The summed E-state index contributed by atoms with van der Waals surface area (Å²) in [6, 6.07) is 28.3. The number of aromatic nitrogens is 3. The number of pyridine rings is 2. The fourth-order valence-corrected chi connectivity index (χ4v) is 5.85. The van der Waals surface area contributed by atoms with Crippen molar-refractivity contribution in [2.24, 2.45) is 0 Å². The van der Waals surface area contributed by atoms with Gasteiger partial charge in [0, 0.05) is 29.5 Å². The van der Waals surface area contributed by atoms with Gasteiger partial charge in [0.05, 0.1) is 17.8 Å². The molecule has 200 valence electrons. The van der Waals surface area contributed by atoms with Gasteiger partial charge in [0.15, 0.2) is 5.11 Å². The van der Waals surface area contributed by atoms with Crippen molar-refractivity contribution >= 4 is 23.0 Å². The summed E-state index contributed by atoms with van der Waals surface area (Å²) in [6.07, 6.45) is 3.69. The van der Waals surface area contributed by atoms with E-state index in [0.29, 0.717) is 5.11 Å². The van der Waals surface area contributed by atoms with Crippen LogP contribution in [0.15, 0.2) is 97.3 Å². The Kier molecular flexibility index (Phi) is 6.82. The van der Waals surface area contributed by atoms with Gasteiger partial charge in [-0.3, -0.25) is 4.98 Å². The molecule has 0 amide bonds. The number of hydrogen-bond donors (Lipinski definition) is 1. The first-order valence-electron chi connectivity index (χ1n) is 13.4. The van der Waals surface area contributed by atoms with Gasteiger partial charge < -0.3 is 19.5 Å². The Hall–Kier alpha value is -4.49. The zero-order valence-corrected chi connectivity index (χ0v) is 23.8. The third kappa shape index (κ3) is 4.73. The second-order valence-electron chi connectivity index (χ2n) is 10.2. The molecule has 0 spiro atoms. The zero-order chi connectivity index (χ0) is 27.8. The highest BCUT2D eigenvalue weighted by molar-refractivity contribution is 7.80. The van der Waals surface area contributed by atoms with Crippen molar-refractivity contribution in [1.82, 2.24) is 19.9 Å². The van der Waals surface area contributed by atoms with Crippen LogP contribution in [0.3, 0.4) is 0 Å². The summed E-state index contributed by atoms with van der Waals surface area (Å²) in [4.78, 5) is 11.6. The quantitative estimate of drug-likeness (QED) is 0.223. The average molecular weight is 546 g/mol. The molecule has 3 aromatic heterocycles. The van der Waals surface area contributed by atoms with Crippen molar-refractivity contribution in [2.45, 2.75) is 39.8 Å². The SMILES string of the molecule is Cc1ccnc(-n2c(C)cc([C@@H]3[C@@H](c4ccccn4)NC(=S)N3c3ccc(Oc4ccccc4C)cc3)c2C)c1. The van der Waals surface area contributed by atoms with E-state index in [2.05, 4.69) is 70.9 Å². The second kappa shape index (κ2) is 10.6. The highest BCUT2D eigenvalue weighted by Crippen LogP contribution is 2.44. The van der Waals surface area contributed by atoms with Gasteiger partial charge >= 0.3 is 0 Å². The van der Waals surface area contributed by atoms with Crippen LogP contribution in [0.1, 0.15) is 45.9 Å². The van der Waals surface area contributed by atoms with Crippen molar-refractivity contribution in [1.29, 1.82) is 0 Å². The number of rotatable bonds is 6. The van der Waals surface area contributed by atoms with E-state index in [0.717, 1.165) is 45.6 Å². The lowest BCUT2D eigenvalue weighted by atomic mass is 9.96. The Morgan fingerprint density at radius 1 is 0.825 bits per heavy atom. The minimum absolute atomic E-state index is 0.115. The molecule has 2 aromatic carbocycles. The van der Waals surface area contributed by atoms with Crippen LogP contribution in [0.5, 0.6) is 11.5 Å². The number of nitrogens with zero attached hydrogens (tertiary/aromatic N) is 4. The lowest BCUT2D eigenvalue weighted by Gasteiger charge is -2.28. The predicted molar refractivity (Wildman–Crippen MR) is 163 cm³/mol. The maximum atomic E-state index is 6.17. The molecule has 0 aliphatic carbocycles. The number of hydrogen-bond acceptors (Lipinski definition) is 4. The molecule has 1 N–H and O–H groups in total. The van der Waals surface area contributed by atoms with Crippen LogP contribution in [0.25, 0.3) is 5.82 Å². The van der Waals surface area contributed by atoms with E-state index in [-0.39, 0.29) is 12.1 Å². The van der Waals surface area contributed by atoms with Crippen molar-refractivity contribution in [3.05, 3.63) is 131 Å². The van der Waals surface area contributed by atoms with Gasteiger partial charge in [-0.2, -0.15) is 0 Å².